The normalized spacial score (nSPS) is 10.2. The first kappa shape index (κ1) is 19.3. The SMILES string of the molecule is COc1ccc(C)cc1NC(=O)N(C)CC(=O)Nc1c(C)cccc1C. The molecular formula is C20H25N3O3. The molecule has 0 spiro atoms. The van der Waals surface area contributed by atoms with E-state index in [4.69, 9.17) is 4.74 Å². The van der Waals surface area contributed by atoms with Gasteiger partial charge in [0, 0.05) is 12.7 Å². The Morgan fingerprint density at radius 2 is 1.69 bits per heavy atom. The van der Waals surface area contributed by atoms with Crippen molar-refractivity contribution < 1.29 is 14.3 Å². The van der Waals surface area contributed by atoms with Gasteiger partial charge in [0.1, 0.15) is 12.3 Å². The zero-order valence-electron chi connectivity index (χ0n) is 15.8. The number of hydrogen-bond donors (Lipinski definition) is 2. The third kappa shape index (κ3) is 4.75. The number of aryl methyl sites for hydroxylation is 3. The number of carbonyl (C=O) groups excluding carboxylic acids is 2. The molecule has 0 saturated heterocycles. The summed E-state index contributed by atoms with van der Waals surface area (Å²) in [6, 6.07) is 10.9. The van der Waals surface area contributed by atoms with Gasteiger partial charge < -0.3 is 20.3 Å². The summed E-state index contributed by atoms with van der Waals surface area (Å²) in [6.45, 7) is 5.73. The topological polar surface area (TPSA) is 70.7 Å². The van der Waals surface area contributed by atoms with Gasteiger partial charge in [-0.2, -0.15) is 0 Å². The third-order valence-corrected chi connectivity index (χ3v) is 4.07. The van der Waals surface area contributed by atoms with Gasteiger partial charge in [-0.15, -0.1) is 0 Å². The van der Waals surface area contributed by atoms with E-state index >= 15 is 0 Å². The number of likely N-dealkylation sites (N-methyl/N-ethyl adjacent to an activating group) is 1. The van der Waals surface area contributed by atoms with E-state index in [0.29, 0.717) is 11.4 Å². The van der Waals surface area contributed by atoms with Crippen LogP contribution in [0, 0.1) is 20.8 Å². The largest absolute Gasteiger partial charge is 0.495 e. The predicted molar refractivity (Wildman–Crippen MR) is 104 cm³/mol. The van der Waals surface area contributed by atoms with E-state index in [0.717, 1.165) is 22.4 Å². The molecule has 0 heterocycles. The number of rotatable bonds is 5. The van der Waals surface area contributed by atoms with E-state index in [-0.39, 0.29) is 18.5 Å². The Labute approximate surface area is 154 Å². The number of para-hydroxylation sites is 1. The molecule has 0 aliphatic heterocycles. The Kier molecular flexibility index (Phi) is 6.22. The summed E-state index contributed by atoms with van der Waals surface area (Å²) in [4.78, 5) is 26.0. The van der Waals surface area contributed by atoms with Crippen molar-refractivity contribution >= 4 is 23.3 Å². The van der Waals surface area contributed by atoms with Gasteiger partial charge in [-0.25, -0.2) is 4.79 Å². The van der Waals surface area contributed by atoms with Crippen LogP contribution in [-0.2, 0) is 4.79 Å². The summed E-state index contributed by atoms with van der Waals surface area (Å²) < 4.78 is 5.25. The number of anilines is 2. The summed E-state index contributed by atoms with van der Waals surface area (Å²) in [7, 11) is 3.11. The van der Waals surface area contributed by atoms with Gasteiger partial charge in [0.25, 0.3) is 0 Å². The molecule has 0 radical (unpaired) electrons. The van der Waals surface area contributed by atoms with Crippen molar-refractivity contribution in [3.63, 3.8) is 0 Å². The minimum absolute atomic E-state index is 0.0618. The van der Waals surface area contributed by atoms with Crippen LogP contribution in [0.2, 0.25) is 0 Å². The van der Waals surface area contributed by atoms with Crippen LogP contribution in [0.3, 0.4) is 0 Å². The molecule has 0 aliphatic carbocycles. The number of hydrogen-bond acceptors (Lipinski definition) is 3. The van der Waals surface area contributed by atoms with Crippen molar-refractivity contribution in [1.29, 1.82) is 0 Å². The zero-order valence-corrected chi connectivity index (χ0v) is 15.8. The molecule has 2 rings (SSSR count). The summed E-state index contributed by atoms with van der Waals surface area (Å²) in [5, 5.41) is 5.65. The minimum Gasteiger partial charge on any atom is -0.495 e. The average molecular weight is 355 g/mol. The fourth-order valence-corrected chi connectivity index (χ4v) is 2.61. The molecular weight excluding hydrogens is 330 g/mol. The second kappa shape index (κ2) is 8.38. The van der Waals surface area contributed by atoms with Gasteiger partial charge in [-0.05, 0) is 49.6 Å². The van der Waals surface area contributed by atoms with Crippen LogP contribution in [0.4, 0.5) is 16.2 Å². The first-order valence-electron chi connectivity index (χ1n) is 8.34. The fraction of sp³-hybridized carbons (Fsp3) is 0.300. The molecule has 6 nitrogen and oxygen atoms in total. The van der Waals surface area contributed by atoms with Gasteiger partial charge in [0.2, 0.25) is 5.91 Å². The average Bonchev–Trinajstić information content (AvgIpc) is 2.58. The van der Waals surface area contributed by atoms with E-state index in [1.807, 2.05) is 51.1 Å². The molecule has 0 aliphatic rings. The maximum Gasteiger partial charge on any atom is 0.322 e. The number of methoxy groups -OCH3 is 1. The fourth-order valence-electron chi connectivity index (χ4n) is 2.61. The van der Waals surface area contributed by atoms with Crippen molar-refractivity contribution in [1.82, 2.24) is 4.90 Å². The molecule has 2 aromatic carbocycles. The van der Waals surface area contributed by atoms with Crippen LogP contribution in [-0.4, -0.2) is 37.5 Å². The minimum atomic E-state index is -0.384. The number of benzene rings is 2. The highest BCUT2D eigenvalue weighted by molar-refractivity contribution is 5.98. The van der Waals surface area contributed by atoms with E-state index < -0.39 is 0 Å². The third-order valence-electron chi connectivity index (χ3n) is 4.07. The summed E-state index contributed by atoms with van der Waals surface area (Å²) in [5.74, 6) is 0.314. The first-order chi connectivity index (χ1) is 12.3. The van der Waals surface area contributed by atoms with Crippen molar-refractivity contribution in [2.24, 2.45) is 0 Å². The Balaban J connectivity index is 2.01. The highest BCUT2D eigenvalue weighted by Crippen LogP contribution is 2.25. The number of ether oxygens (including phenoxy) is 1. The summed E-state index contributed by atoms with van der Waals surface area (Å²) >= 11 is 0. The first-order valence-corrected chi connectivity index (χ1v) is 8.34. The van der Waals surface area contributed by atoms with Gasteiger partial charge >= 0.3 is 6.03 Å². The molecule has 6 heteroatoms. The molecule has 0 atom stereocenters. The number of nitrogens with zero attached hydrogens (tertiary/aromatic N) is 1. The standard InChI is InChI=1S/C20H25N3O3/c1-13-9-10-17(26-5)16(11-13)21-20(25)23(4)12-18(24)22-19-14(2)7-6-8-15(19)3/h6-11H,12H2,1-5H3,(H,21,25)(H,22,24). The molecule has 2 aromatic rings. The smallest absolute Gasteiger partial charge is 0.322 e. The van der Waals surface area contributed by atoms with Crippen LogP contribution in [0.5, 0.6) is 5.75 Å². The second-order valence-electron chi connectivity index (χ2n) is 6.30. The molecule has 2 N–H and O–H groups in total. The molecule has 0 saturated carbocycles. The van der Waals surface area contributed by atoms with Crippen LogP contribution in [0.1, 0.15) is 16.7 Å². The van der Waals surface area contributed by atoms with Gasteiger partial charge in [0.15, 0.2) is 0 Å². The van der Waals surface area contributed by atoms with E-state index in [1.54, 1.807) is 20.2 Å². The Morgan fingerprint density at radius 1 is 1.04 bits per heavy atom. The van der Waals surface area contributed by atoms with Crippen molar-refractivity contribution in [3.05, 3.63) is 53.1 Å². The van der Waals surface area contributed by atoms with Crippen molar-refractivity contribution in [3.8, 4) is 5.75 Å². The lowest BCUT2D eigenvalue weighted by atomic mass is 10.1. The molecule has 138 valence electrons. The molecule has 0 bridgehead atoms. The number of urea groups is 1. The number of carbonyl (C=O) groups is 2. The summed E-state index contributed by atoms with van der Waals surface area (Å²) in [6.07, 6.45) is 0. The van der Waals surface area contributed by atoms with Crippen LogP contribution < -0.4 is 15.4 Å². The van der Waals surface area contributed by atoms with E-state index in [2.05, 4.69) is 10.6 Å². The lowest BCUT2D eigenvalue weighted by molar-refractivity contribution is -0.116. The van der Waals surface area contributed by atoms with Crippen LogP contribution >= 0.6 is 0 Å². The maximum atomic E-state index is 12.4. The molecule has 3 amide bonds. The Bertz CT molecular complexity index is 798. The van der Waals surface area contributed by atoms with Crippen molar-refractivity contribution in [2.45, 2.75) is 20.8 Å². The quantitative estimate of drug-likeness (QED) is 0.859. The van der Waals surface area contributed by atoms with Crippen LogP contribution in [0.25, 0.3) is 0 Å². The number of amides is 3. The van der Waals surface area contributed by atoms with Gasteiger partial charge in [-0.3, -0.25) is 4.79 Å². The van der Waals surface area contributed by atoms with Gasteiger partial charge in [0.05, 0.1) is 12.8 Å². The van der Waals surface area contributed by atoms with E-state index in [1.165, 1.54) is 4.90 Å². The predicted octanol–water partition coefficient (Wildman–Crippen LogP) is 3.72. The lowest BCUT2D eigenvalue weighted by Gasteiger charge is -2.19. The van der Waals surface area contributed by atoms with Crippen LogP contribution in [0.15, 0.2) is 36.4 Å². The monoisotopic (exact) mass is 355 g/mol. The molecule has 0 fully saturated rings. The molecule has 26 heavy (non-hydrogen) atoms. The lowest BCUT2D eigenvalue weighted by Crippen LogP contribution is -2.37. The number of nitrogens with one attached hydrogen (secondary N) is 2. The summed E-state index contributed by atoms with van der Waals surface area (Å²) in [5.41, 5.74) is 4.31. The Morgan fingerprint density at radius 3 is 2.31 bits per heavy atom. The van der Waals surface area contributed by atoms with E-state index in [9.17, 15) is 9.59 Å². The van der Waals surface area contributed by atoms with Crippen molar-refractivity contribution in [2.75, 3.05) is 31.3 Å². The molecule has 0 unspecified atom stereocenters. The maximum absolute atomic E-state index is 12.4. The Hall–Kier alpha value is -3.02. The highest BCUT2D eigenvalue weighted by Gasteiger charge is 2.16. The molecule has 0 aromatic heterocycles. The highest BCUT2D eigenvalue weighted by atomic mass is 16.5. The zero-order chi connectivity index (χ0) is 19.3. The van der Waals surface area contributed by atoms with Gasteiger partial charge in [-0.1, -0.05) is 24.3 Å². The second-order valence-corrected chi connectivity index (χ2v) is 6.30.